The standard InChI is InChI=1S/C13H15N5O2/c1-15-12(19)9-7-8(3-4-10(9)20-2)17-11-5-6-16-13(14)18-11/h3-7H,1-2H3,(H,15,19)(H3,14,16,17,18). The Bertz CT molecular complexity index is 630. The van der Waals surface area contributed by atoms with Crippen molar-refractivity contribution in [2.45, 2.75) is 0 Å². The summed E-state index contributed by atoms with van der Waals surface area (Å²) in [6.07, 6.45) is 1.55. The van der Waals surface area contributed by atoms with Gasteiger partial charge >= 0.3 is 0 Å². The number of carbonyl (C=O) groups is 1. The molecular formula is C13H15N5O2. The highest BCUT2D eigenvalue weighted by molar-refractivity contribution is 5.97. The van der Waals surface area contributed by atoms with Crippen LogP contribution in [0.3, 0.4) is 0 Å². The Morgan fingerprint density at radius 2 is 2.15 bits per heavy atom. The van der Waals surface area contributed by atoms with Gasteiger partial charge in [0, 0.05) is 18.9 Å². The van der Waals surface area contributed by atoms with Crippen LogP contribution in [0, 0.1) is 0 Å². The fourth-order valence-corrected chi connectivity index (χ4v) is 1.69. The van der Waals surface area contributed by atoms with E-state index in [1.165, 1.54) is 7.11 Å². The number of aromatic nitrogens is 2. The molecule has 0 unspecified atom stereocenters. The van der Waals surface area contributed by atoms with Gasteiger partial charge in [-0.15, -0.1) is 0 Å². The van der Waals surface area contributed by atoms with Gasteiger partial charge in [0.15, 0.2) is 0 Å². The molecule has 1 aromatic carbocycles. The number of ether oxygens (including phenoxy) is 1. The Hall–Kier alpha value is -2.83. The highest BCUT2D eigenvalue weighted by Gasteiger charge is 2.11. The topological polar surface area (TPSA) is 102 Å². The molecule has 1 amide bonds. The van der Waals surface area contributed by atoms with Gasteiger partial charge in [0.2, 0.25) is 5.95 Å². The van der Waals surface area contributed by atoms with Gasteiger partial charge in [-0.3, -0.25) is 4.79 Å². The molecular weight excluding hydrogens is 258 g/mol. The van der Waals surface area contributed by atoms with Gasteiger partial charge in [0.25, 0.3) is 5.91 Å². The van der Waals surface area contributed by atoms with E-state index in [9.17, 15) is 4.79 Å². The minimum atomic E-state index is -0.229. The summed E-state index contributed by atoms with van der Waals surface area (Å²) < 4.78 is 5.16. The first-order valence-corrected chi connectivity index (χ1v) is 5.89. The molecule has 4 N–H and O–H groups in total. The molecule has 0 fully saturated rings. The van der Waals surface area contributed by atoms with Gasteiger partial charge in [-0.25, -0.2) is 4.98 Å². The number of nitrogens with two attached hydrogens (primary N) is 1. The third-order valence-electron chi connectivity index (χ3n) is 2.62. The lowest BCUT2D eigenvalue weighted by molar-refractivity contribution is 0.0960. The number of benzene rings is 1. The van der Waals surface area contributed by atoms with Crippen LogP contribution in [-0.4, -0.2) is 30.0 Å². The number of nitrogen functional groups attached to an aromatic ring is 1. The van der Waals surface area contributed by atoms with Crippen LogP contribution in [0.4, 0.5) is 17.5 Å². The number of carbonyl (C=O) groups excluding carboxylic acids is 1. The first kappa shape index (κ1) is 13.6. The van der Waals surface area contributed by atoms with Crippen molar-refractivity contribution in [1.29, 1.82) is 0 Å². The lowest BCUT2D eigenvalue weighted by Crippen LogP contribution is -2.18. The first-order valence-electron chi connectivity index (χ1n) is 5.89. The van der Waals surface area contributed by atoms with Crippen molar-refractivity contribution in [3.05, 3.63) is 36.0 Å². The summed E-state index contributed by atoms with van der Waals surface area (Å²) in [5.74, 6) is 0.991. The van der Waals surface area contributed by atoms with E-state index in [0.717, 1.165) is 0 Å². The van der Waals surface area contributed by atoms with E-state index in [1.807, 2.05) is 0 Å². The highest BCUT2D eigenvalue weighted by atomic mass is 16.5. The van der Waals surface area contributed by atoms with Crippen molar-refractivity contribution in [1.82, 2.24) is 15.3 Å². The number of hydrogen-bond acceptors (Lipinski definition) is 6. The number of amides is 1. The number of anilines is 3. The maximum Gasteiger partial charge on any atom is 0.254 e. The maximum atomic E-state index is 11.8. The normalized spacial score (nSPS) is 9.90. The Balaban J connectivity index is 2.31. The highest BCUT2D eigenvalue weighted by Crippen LogP contribution is 2.24. The van der Waals surface area contributed by atoms with Gasteiger partial charge in [-0.2, -0.15) is 4.98 Å². The Labute approximate surface area is 116 Å². The number of methoxy groups -OCH3 is 1. The van der Waals surface area contributed by atoms with E-state index in [2.05, 4.69) is 20.6 Å². The minimum absolute atomic E-state index is 0.176. The van der Waals surface area contributed by atoms with E-state index >= 15 is 0 Å². The number of nitrogens with one attached hydrogen (secondary N) is 2. The van der Waals surface area contributed by atoms with Crippen LogP contribution < -0.4 is 21.1 Å². The third-order valence-corrected chi connectivity index (χ3v) is 2.62. The summed E-state index contributed by atoms with van der Waals surface area (Å²) in [5, 5.41) is 5.61. The summed E-state index contributed by atoms with van der Waals surface area (Å²) in [4.78, 5) is 19.6. The van der Waals surface area contributed by atoms with Crippen LogP contribution in [0.25, 0.3) is 0 Å². The van der Waals surface area contributed by atoms with E-state index in [0.29, 0.717) is 22.8 Å². The molecule has 2 rings (SSSR count). The monoisotopic (exact) mass is 273 g/mol. The Kier molecular flexibility index (Phi) is 3.99. The largest absolute Gasteiger partial charge is 0.496 e. The summed E-state index contributed by atoms with van der Waals surface area (Å²) in [6, 6.07) is 6.84. The Morgan fingerprint density at radius 1 is 1.35 bits per heavy atom. The molecule has 0 aliphatic rings. The smallest absolute Gasteiger partial charge is 0.254 e. The van der Waals surface area contributed by atoms with E-state index in [-0.39, 0.29) is 11.9 Å². The zero-order valence-electron chi connectivity index (χ0n) is 11.2. The minimum Gasteiger partial charge on any atom is -0.496 e. The predicted molar refractivity (Wildman–Crippen MR) is 76.1 cm³/mol. The third kappa shape index (κ3) is 2.94. The molecule has 0 aliphatic heterocycles. The van der Waals surface area contributed by atoms with Crippen LogP contribution in [0.1, 0.15) is 10.4 Å². The van der Waals surface area contributed by atoms with Gasteiger partial charge in [0.1, 0.15) is 11.6 Å². The van der Waals surface area contributed by atoms with Gasteiger partial charge in [0.05, 0.1) is 12.7 Å². The van der Waals surface area contributed by atoms with Crippen LogP contribution in [0.5, 0.6) is 5.75 Å². The lowest BCUT2D eigenvalue weighted by Gasteiger charge is -2.11. The van der Waals surface area contributed by atoms with E-state index in [4.69, 9.17) is 10.5 Å². The summed E-state index contributed by atoms with van der Waals surface area (Å²) in [5.41, 5.74) is 6.64. The average molecular weight is 273 g/mol. The van der Waals surface area contributed by atoms with E-state index < -0.39 is 0 Å². The zero-order chi connectivity index (χ0) is 14.5. The molecule has 7 nitrogen and oxygen atoms in total. The molecule has 0 saturated heterocycles. The second kappa shape index (κ2) is 5.87. The molecule has 0 saturated carbocycles. The maximum absolute atomic E-state index is 11.8. The molecule has 20 heavy (non-hydrogen) atoms. The van der Waals surface area contributed by atoms with Crippen LogP contribution in [0.2, 0.25) is 0 Å². The molecule has 0 aliphatic carbocycles. The second-order valence-electron chi connectivity index (χ2n) is 3.92. The molecule has 0 spiro atoms. The molecule has 0 radical (unpaired) electrons. The van der Waals surface area contributed by atoms with Gasteiger partial charge in [-0.05, 0) is 24.3 Å². The van der Waals surface area contributed by atoms with Gasteiger partial charge in [-0.1, -0.05) is 0 Å². The summed E-state index contributed by atoms with van der Waals surface area (Å²) >= 11 is 0. The number of nitrogens with zero attached hydrogens (tertiary/aromatic N) is 2. The fraction of sp³-hybridized carbons (Fsp3) is 0.154. The van der Waals surface area contributed by atoms with Crippen molar-refractivity contribution < 1.29 is 9.53 Å². The van der Waals surface area contributed by atoms with Crippen molar-refractivity contribution in [2.75, 3.05) is 25.2 Å². The van der Waals surface area contributed by atoms with Crippen molar-refractivity contribution in [3.63, 3.8) is 0 Å². The molecule has 7 heteroatoms. The lowest BCUT2D eigenvalue weighted by atomic mass is 10.1. The molecule has 1 aromatic heterocycles. The number of rotatable bonds is 4. The van der Waals surface area contributed by atoms with Crippen molar-refractivity contribution >= 4 is 23.4 Å². The predicted octanol–water partition coefficient (Wildman–Crippen LogP) is 1.17. The SMILES string of the molecule is CNC(=O)c1cc(Nc2ccnc(N)n2)ccc1OC. The van der Waals surface area contributed by atoms with Crippen LogP contribution >= 0.6 is 0 Å². The molecule has 0 bridgehead atoms. The van der Waals surface area contributed by atoms with Crippen molar-refractivity contribution in [3.8, 4) is 5.75 Å². The van der Waals surface area contributed by atoms with Gasteiger partial charge < -0.3 is 21.1 Å². The average Bonchev–Trinajstić information content (AvgIpc) is 2.46. The summed E-state index contributed by atoms with van der Waals surface area (Å²) in [7, 11) is 3.08. The molecule has 1 heterocycles. The van der Waals surface area contributed by atoms with Crippen molar-refractivity contribution in [2.24, 2.45) is 0 Å². The number of hydrogen-bond donors (Lipinski definition) is 3. The van der Waals surface area contributed by atoms with Crippen LogP contribution in [0.15, 0.2) is 30.5 Å². The Morgan fingerprint density at radius 3 is 2.80 bits per heavy atom. The quantitative estimate of drug-likeness (QED) is 0.772. The first-order chi connectivity index (χ1) is 9.63. The second-order valence-corrected chi connectivity index (χ2v) is 3.92. The summed E-state index contributed by atoms with van der Waals surface area (Å²) in [6.45, 7) is 0. The zero-order valence-corrected chi connectivity index (χ0v) is 11.2. The molecule has 2 aromatic rings. The molecule has 0 atom stereocenters. The molecule has 104 valence electrons. The van der Waals surface area contributed by atoms with Crippen LogP contribution in [-0.2, 0) is 0 Å². The van der Waals surface area contributed by atoms with E-state index in [1.54, 1.807) is 37.5 Å². The fourth-order valence-electron chi connectivity index (χ4n) is 1.69.